The van der Waals surface area contributed by atoms with Crippen molar-refractivity contribution < 1.29 is 43.8 Å². The summed E-state index contributed by atoms with van der Waals surface area (Å²) in [6.07, 6.45) is 2.15. The summed E-state index contributed by atoms with van der Waals surface area (Å²) in [5.41, 5.74) is 0. The number of carbonyl (C=O) groups excluding carboxylic acids is 1. The van der Waals surface area contributed by atoms with Crippen LogP contribution < -0.4 is 34.7 Å². The van der Waals surface area contributed by atoms with Crippen molar-refractivity contribution in [2.45, 2.75) is 32.6 Å². The van der Waals surface area contributed by atoms with Gasteiger partial charge in [0, 0.05) is 5.97 Å². The fourth-order valence-electron chi connectivity index (χ4n) is 1.05. The molecule has 1 unspecified atom stereocenters. The first-order valence-corrected chi connectivity index (χ1v) is 3.99. The Morgan fingerprint density at radius 3 is 2.42 bits per heavy atom. The van der Waals surface area contributed by atoms with Crippen LogP contribution in [0.25, 0.3) is 0 Å². The molecule has 0 saturated carbocycles. The fourth-order valence-corrected chi connectivity index (χ4v) is 1.05. The van der Waals surface area contributed by atoms with Gasteiger partial charge in [0.25, 0.3) is 0 Å². The maximum atomic E-state index is 11.6. The zero-order valence-corrected chi connectivity index (χ0v) is 9.81. The largest absolute Gasteiger partial charge is 1.00 e. The number of carbonyl (C=O) groups is 1. The quantitative estimate of drug-likeness (QED) is 0.444. The third-order valence-corrected chi connectivity index (χ3v) is 1.66. The first kappa shape index (κ1) is 14.9. The Morgan fingerprint density at radius 2 is 2.08 bits per heavy atom. The van der Waals surface area contributed by atoms with Gasteiger partial charge < -0.3 is 9.90 Å². The second-order valence-electron chi connectivity index (χ2n) is 2.64. The standard InChI is InChI=1S/C8H15FO2.Na/c1-2-4-7(8(10)11)5-3-6-9;/h7H,2-6H2,1H3,(H,10,11);/q;+1/p-1. The van der Waals surface area contributed by atoms with Gasteiger partial charge in [0.2, 0.25) is 0 Å². The maximum absolute atomic E-state index is 11.6. The molecule has 0 aromatic rings. The molecule has 0 aliphatic heterocycles. The molecule has 2 nitrogen and oxygen atoms in total. The van der Waals surface area contributed by atoms with Gasteiger partial charge in [-0.1, -0.05) is 13.3 Å². The predicted octanol–water partition coefficient (Wildman–Crippen LogP) is -2.09. The molecule has 0 saturated heterocycles. The van der Waals surface area contributed by atoms with E-state index in [4.69, 9.17) is 0 Å². The monoisotopic (exact) mass is 184 g/mol. The summed E-state index contributed by atoms with van der Waals surface area (Å²) in [5.74, 6) is -1.49. The molecule has 0 N–H and O–H groups in total. The van der Waals surface area contributed by atoms with Gasteiger partial charge in [0.15, 0.2) is 0 Å². The molecule has 0 heterocycles. The maximum Gasteiger partial charge on any atom is 1.00 e. The normalized spacial score (nSPS) is 11.8. The minimum atomic E-state index is -1.04. The number of halogens is 1. The molecule has 0 spiro atoms. The zero-order valence-electron chi connectivity index (χ0n) is 7.81. The number of aliphatic carboxylic acids is 1. The Labute approximate surface area is 94.8 Å². The molecule has 0 rings (SSSR count). The van der Waals surface area contributed by atoms with Crippen molar-refractivity contribution in [1.82, 2.24) is 0 Å². The molecule has 1 atom stereocenters. The summed E-state index contributed by atoms with van der Waals surface area (Å²) in [4.78, 5) is 10.4. The van der Waals surface area contributed by atoms with E-state index in [2.05, 4.69) is 0 Å². The molecule has 0 amide bonds. The van der Waals surface area contributed by atoms with Gasteiger partial charge in [-0.3, -0.25) is 4.39 Å². The van der Waals surface area contributed by atoms with Crippen molar-refractivity contribution >= 4 is 5.97 Å². The van der Waals surface area contributed by atoms with Crippen molar-refractivity contribution in [2.75, 3.05) is 6.67 Å². The van der Waals surface area contributed by atoms with E-state index in [1.807, 2.05) is 6.92 Å². The third kappa shape index (κ3) is 7.07. The summed E-state index contributed by atoms with van der Waals surface area (Å²) < 4.78 is 11.6. The van der Waals surface area contributed by atoms with Crippen LogP contribution in [-0.4, -0.2) is 12.6 Å². The van der Waals surface area contributed by atoms with E-state index in [-0.39, 0.29) is 29.6 Å². The molecular formula is C8H14FNaO2. The van der Waals surface area contributed by atoms with Crippen LogP contribution >= 0.6 is 0 Å². The molecule has 66 valence electrons. The molecule has 0 aliphatic rings. The number of hydrogen-bond acceptors (Lipinski definition) is 2. The Hall–Kier alpha value is 0.400. The number of rotatable bonds is 6. The topological polar surface area (TPSA) is 40.1 Å². The van der Waals surface area contributed by atoms with Crippen LogP contribution in [-0.2, 0) is 4.79 Å². The van der Waals surface area contributed by atoms with Crippen LogP contribution in [0.5, 0.6) is 0 Å². The molecule has 0 radical (unpaired) electrons. The molecule has 0 aromatic carbocycles. The molecule has 0 bridgehead atoms. The first-order valence-electron chi connectivity index (χ1n) is 3.99. The van der Waals surface area contributed by atoms with Crippen LogP contribution in [0.1, 0.15) is 32.6 Å². The van der Waals surface area contributed by atoms with E-state index in [1.54, 1.807) is 0 Å². The van der Waals surface area contributed by atoms with Crippen LogP contribution in [0.3, 0.4) is 0 Å². The van der Waals surface area contributed by atoms with Gasteiger partial charge in [-0.15, -0.1) is 0 Å². The van der Waals surface area contributed by atoms with Gasteiger partial charge in [-0.25, -0.2) is 0 Å². The van der Waals surface area contributed by atoms with Gasteiger partial charge >= 0.3 is 29.6 Å². The van der Waals surface area contributed by atoms with Gasteiger partial charge in [-0.2, -0.15) is 0 Å². The first-order chi connectivity index (χ1) is 5.22. The minimum absolute atomic E-state index is 0. The summed E-state index contributed by atoms with van der Waals surface area (Å²) >= 11 is 0. The predicted molar refractivity (Wildman–Crippen MR) is 38.6 cm³/mol. The summed E-state index contributed by atoms with van der Waals surface area (Å²) in [6.45, 7) is 1.47. The Morgan fingerprint density at radius 1 is 1.50 bits per heavy atom. The molecule has 12 heavy (non-hydrogen) atoms. The molecule has 0 fully saturated rings. The number of alkyl halides is 1. The average Bonchev–Trinajstić information content (AvgIpc) is 1.97. The molecule has 4 heteroatoms. The van der Waals surface area contributed by atoms with E-state index in [1.165, 1.54) is 0 Å². The second-order valence-corrected chi connectivity index (χ2v) is 2.64. The van der Waals surface area contributed by atoms with Gasteiger partial charge in [-0.05, 0) is 25.2 Å². The van der Waals surface area contributed by atoms with Crippen molar-refractivity contribution in [3.05, 3.63) is 0 Å². The Bertz CT molecular complexity index is 120. The summed E-state index contributed by atoms with van der Waals surface area (Å²) in [6, 6.07) is 0. The number of hydrogen-bond donors (Lipinski definition) is 0. The number of carboxylic acids is 1. The smallest absolute Gasteiger partial charge is 0.550 e. The van der Waals surface area contributed by atoms with Crippen LogP contribution in [0.4, 0.5) is 4.39 Å². The van der Waals surface area contributed by atoms with Crippen LogP contribution in [0.15, 0.2) is 0 Å². The summed E-state index contributed by atoms with van der Waals surface area (Å²) in [7, 11) is 0. The van der Waals surface area contributed by atoms with E-state index in [0.29, 0.717) is 19.3 Å². The second kappa shape index (κ2) is 9.49. The molecular weight excluding hydrogens is 170 g/mol. The third-order valence-electron chi connectivity index (χ3n) is 1.66. The van der Waals surface area contributed by atoms with E-state index >= 15 is 0 Å². The van der Waals surface area contributed by atoms with Crippen molar-refractivity contribution in [3.8, 4) is 0 Å². The molecule has 0 aromatic heterocycles. The molecule has 0 aliphatic carbocycles. The van der Waals surface area contributed by atoms with Crippen LogP contribution in [0, 0.1) is 5.92 Å². The Kier molecular flexibility index (Phi) is 11.8. The number of carboxylic acid groups (broad SMARTS) is 1. The van der Waals surface area contributed by atoms with Crippen LogP contribution in [0.2, 0.25) is 0 Å². The van der Waals surface area contributed by atoms with E-state index in [9.17, 15) is 14.3 Å². The van der Waals surface area contributed by atoms with Gasteiger partial charge in [0.1, 0.15) is 0 Å². The Balaban J connectivity index is 0. The van der Waals surface area contributed by atoms with Gasteiger partial charge in [0.05, 0.1) is 6.67 Å². The van der Waals surface area contributed by atoms with E-state index < -0.39 is 18.6 Å². The SMILES string of the molecule is CCCC(CCCF)C(=O)[O-].[Na+]. The fraction of sp³-hybridized carbons (Fsp3) is 0.875. The van der Waals surface area contributed by atoms with Crippen molar-refractivity contribution in [1.29, 1.82) is 0 Å². The zero-order chi connectivity index (χ0) is 8.69. The van der Waals surface area contributed by atoms with Crippen molar-refractivity contribution in [3.63, 3.8) is 0 Å². The van der Waals surface area contributed by atoms with E-state index in [0.717, 1.165) is 6.42 Å². The average molecular weight is 184 g/mol. The minimum Gasteiger partial charge on any atom is -0.550 e. The van der Waals surface area contributed by atoms with Crippen molar-refractivity contribution in [2.24, 2.45) is 5.92 Å². The summed E-state index contributed by atoms with van der Waals surface area (Å²) in [5, 5.41) is 10.4.